The van der Waals surface area contributed by atoms with E-state index in [9.17, 15) is 0 Å². The minimum absolute atomic E-state index is 0.597. The summed E-state index contributed by atoms with van der Waals surface area (Å²) in [6, 6.07) is 7.36. The topological polar surface area (TPSA) is 12.0 Å². The van der Waals surface area contributed by atoms with Crippen molar-refractivity contribution in [1.29, 1.82) is 0 Å². The van der Waals surface area contributed by atoms with E-state index in [-0.39, 0.29) is 0 Å². The smallest absolute Gasteiger partial charge is 0.00443 e. The molecule has 0 saturated carbocycles. The number of nitrogens with one attached hydrogen (secondary N) is 1. The van der Waals surface area contributed by atoms with Crippen LogP contribution in [0.25, 0.3) is 0 Å². The fraction of sp³-hybridized carbons (Fsp3) is 0.600. The molecule has 0 saturated heterocycles. The first-order valence-corrected chi connectivity index (χ1v) is 6.35. The molecule has 1 aromatic rings. The fourth-order valence-electron chi connectivity index (χ4n) is 2.38. The first-order chi connectivity index (χ1) is 7.54. The number of benzene rings is 1. The number of rotatable bonds is 5. The highest BCUT2D eigenvalue weighted by atomic mass is 14.9. The van der Waals surface area contributed by atoms with Crippen molar-refractivity contribution in [3.8, 4) is 0 Å². The molecule has 1 nitrogen and oxygen atoms in total. The van der Waals surface area contributed by atoms with Gasteiger partial charge < -0.3 is 5.32 Å². The molecule has 0 bridgehead atoms. The summed E-state index contributed by atoms with van der Waals surface area (Å²) < 4.78 is 0. The predicted octanol–water partition coefficient (Wildman–Crippen LogP) is 3.80. The molecule has 1 heteroatoms. The normalized spacial score (nSPS) is 14.8. The summed E-state index contributed by atoms with van der Waals surface area (Å²) in [5, 5.41) is 3.48. The second kappa shape index (κ2) is 6.05. The quantitative estimate of drug-likeness (QED) is 0.794. The lowest BCUT2D eigenvalue weighted by Crippen LogP contribution is -2.27. The van der Waals surface area contributed by atoms with Crippen molar-refractivity contribution in [1.82, 2.24) is 5.32 Å². The molecule has 0 aliphatic carbocycles. The van der Waals surface area contributed by atoms with Crippen molar-refractivity contribution >= 4 is 0 Å². The van der Waals surface area contributed by atoms with E-state index in [2.05, 4.69) is 58.1 Å². The molecule has 16 heavy (non-hydrogen) atoms. The van der Waals surface area contributed by atoms with Crippen LogP contribution in [0.3, 0.4) is 0 Å². The Kier molecular flexibility index (Phi) is 5.01. The van der Waals surface area contributed by atoms with Crippen molar-refractivity contribution in [2.24, 2.45) is 0 Å². The largest absolute Gasteiger partial charge is 0.315 e. The fourth-order valence-corrected chi connectivity index (χ4v) is 2.38. The molecule has 0 radical (unpaired) electrons. The third-order valence-electron chi connectivity index (χ3n) is 3.23. The summed E-state index contributed by atoms with van der Waals surface area (Å²) in [5.41, 5.74) is 4.29. The Morgan fingerprint density at radius 2 is 1.88 bits per heavy atom. The molecule has 0 spiro atoms. The highest BCUT2D eigenvalue weighted by Gasteiger charge is 2.12. The molecular weight excluding hydrogens is 194 g/mol. The SMILES string of the molecule is CCNC(C)CC(C)c1cc(C)ccc1C. The summed E-state index contributed by atoms with van der Waals surface area (Å²) in [7, 11) is 0. The Hall–Kier alpha value is -0.820. The van der Waals surface area contributed by atoms with Crippen molar-refractivity contribution in [2.75, 3.05) is 6.54 Å². The zero-order valence-corrected chi connectivity index (χ0v) is 11.3. The molecule has 0 amide bonds. The lowest BCUT2D eigenvalue weighted by Gasteiger charge is -2.20. The van der Waals surface area contributed by atoms with Crippen molar-refractivity contribution < 1.29 is 0 Å². The molecule has 0 aliphatic rings. The van der Waals surface area contributed by atoms with E-state index in [4.69, 9.17) is 0 Å². The van der Waals surface area contributed by atoms with Crippen LogP contribution in [0, 0.1) is 13.8 Å². The van der Waals surface area contributed by atoms with Gasteiger partial charge in [0.15, 0.2) is 0 Å². The van der Waals surface area contributed by atoms with E-state index in [1.54, 1.807) is 0 Å². The van der Waals surface area contributed by atoms with Crippen LogP contribution in [0.2, 0.25) is 0 Å². The Morgan fingerprint density at radius 3 is 2.50 bits per heavy atom. The van der Waals surface area contributed by atoms with Gasteiger partial charge in [-0.1, -0.05) is 37.6 Å². The highest BCUT2D eigenvalue weighted by molar-refractivity contribution is 5.33. The molecule has 2 atom stereocenters. The summed E-state index contributed by atoms with van der Waals surface area (Å²) in [5.74, 6) is 0.633. The van der Waals surface area contributed by atoms with Crippen LogP contribution in [-0.2, 0) is 0 Å². The molecule has 1 aromatic carbocycles. The van der Waals surface area contributed by atoms with E-state index >= 15 is 0 Å². The molecule has 0 heterocycles. The maximum absolute atomic E-state index is 3.48. The zero-order valence-electron chi connectivity index (χ0n) is 11.3. The Balaban J connectivity index is 2.72. The van der Waals surface area contributed by atoms with Gasteiger partial charge in [-0.15, -0.1) is 0 Å². The summed E-state index contributed by atoms with van der Waals surface area (Å²) in [4.78, 5) is 0. The van der Waals surface area contributed by atoms with Crippen LogP contribution in [0.1, 0.15) is 49.8 Å². The maximum Gasteiger partial charge on any atom is 0.00443 e. The molecule has 2 unspecified atom stereocenters. The predicted molar refractivity (Wildman–Crippen MR) is 72.1 cm³/mol. The third-order valence-corrected chi connectivity index (χ3v) is 3.23. The minimum atomic E-state index is 0.597. The van der Waals surface area contributed by atoms with Gasteiger partial charge in [0.05, 0.1) is 0 Å². The molecule has 0 fully saturated rings. The number of hydrogen-bond donors (Lipinski definition) is 1. The molecule has 0 aromatic heterocycles. The van der Waals surface area contributed by atoms with Crippen LogP contribution in [0.4, 0.5) is 0 Å². The molecule has 0 aliphatic heterocycles. The van der Waals surface area contributed by atoms with Gasteiger partial charge in [-0.05, 0) is 50.8 Å². The Bertz CT molecular complexity index is 330. The van der Waals surface area contributed by atoms with Crippen LogP contribution >= 0.6 is 0 Å². The molecule has 90 valence electrons. The lowest BCUT2D eigenvalue weighted by molar-refractivity contribution is 0.490. The van der Waals surface area contributed by atoms with Crippen molar-refractivity contribution in [2.45, 2.75) is 53.0 Å². The van der Waals surface area contributed by atoms with Crippen molar-refractivity contribution in [3.63, 3.8) is 0 Å². The summed E-state index contributed by atoms with van der Waals surface area (Å²) >= 11 is 0. The Labute approximate surface area is 100 Å². The monoisotopic (exact) mass is 219 g/mol. The standard InChI is InChI=1S/C15H25N/c1-6-16-14(5)10-13(4)15-9-11(2)7-8-12(15)3/h7-9,13-14,16H,6,10H2,1-5H3. The van der Waals surface area contributed by atoms with Crippen LogP contribution in [0.5, 0.6) is 0 Å². The average Bonchev–Trinajstić information content (AvgIpc) is 2.21. The van der Waals surface area contributed by atoms with Gasteiger partial charge in [-0.25, -0.2) is 0 Å². The summed E-state index contributed by atoms with van der Waals surface area (Å²) in [6.07, 6.45) is 1.21. The van der Waals surface area contributed by atoms with Gasteiger partial charge in [0, 0.05) is 6.04 Å². The Morgan fingerprint density at radius 1 is 1.19 bits per heavy atom. The van der Waals surface area contributed by atoms with E-state index in [0.717, 1.165) is 6.54 Å². The molecule has 1 N–H and O–H groups in total. The minimum Gasteiger partial charge on any atom is -0.315 e. The highest BCUT2D eigenvalue weighted by Crippen LogP contribution is 2.24. The first-order valence-electron chi connectivity index (χ1n) is 6.35. The van der Waals surface area contributed by atoms with Gasteiger partial charge in [-0.3, -0.25) is 0 Å². The van der Waals surface area contributed by atoms with Crippen LogP contribution in [-0.4, -0.2) is 12.6 Å². The van der Waals surface area contributed by atoms with Gasteiger partial charge >= 0.3 is 0 Å². The van der Waals surface area contributed by atoms with E-state index < -0.39 is 0 Å². The lowest BCUT2D eigenvalue weighted by atomic mass is 9.90. The number of hydrogen-bond acceptors (Lipinski definition) is 1. The zero-order chi connectivity index (χ0) is 12.1. The van der Waals surface area contributed by atoms with Gasteiger partial charge in [0.2, 0.25) is 0 Å². The van der Waals surface area contributed by atoms with E-state index in [0.29, 0.717) is 12.0 Å². The van der Waals surface area contributed by atoms with Crippen LogP contribution in [0.15, 0.2) is 18.2 Å². The van der Waals surface area contributed by atoms with Gasteiger partial charge in [0.1, 0.15) is 0 Å². The van der Waals surface area contributed by atoms with Crippen molar-refractivity contribution in [3.05, 3.63) is 34.9 Å². The van der Waals surface area contributed by atoms with Gasteiger partial charge in [0.25, 0.3) is 0 Å². The number of aryl methyl sites for hydroxylation is 2. The maximum atomic E-state index is 3.48. The second-order valence-electron chi connectivity index (χ2n) is 4.96. The molecule has 1 rings (SSSR count). The average molecular weight is 219 g/mol. The summed E-state index contributed by atoms with van der Waals surface area (Å²) in [6.45, 7) is 12.2. The van der Waals surface area contributed by atoms with Gasteiger partial charge in [-0.2, -0.15) is 0 Å². The second-order valence-corrected chi connectivity index (χ2v) is 4.96. The van der Waals surface area contributed by atoms with E-state index in [1.807, 2.05) is 0 Å². The van der Waals surface area contributed by atoms with Crippen LogP contribution < -0.4 is 5.32 Å². The first kappa shape index (κ1) is 13.2. The van der Waals surface area contributed by atoms with E-state index in [1.165, 1.54) is 23.1 Å². The molecular formula is C15H25N. The third kappa shape index (κ3) is 3.64.